The summed E-state index contributed by atoms with van der Waals surface area (Å²) in [7, 11) is 1.92. The van der Waals surface area contributed by atoms with Crippen LogP contribution in [0.15, 0.2) is 42.5 Å². The average molecular weight is 461 g/mol. The van der Waals surface area contributed by atoms with Crippen molar-refractivity contribution in [2.24, 2.45) is 0 Å². The average Bonchev–Trinajstić information content (AvgIpc) is 2.90. The number of alkyl halides is 3. The van der Waals surface area contributed by atoms with Gasteiger partial charge >= 0.3 is 12.1 Å². The van der Waals surface area contributed by atoms with Gasteiger partial charge in [-0.05, 0) is 49.1 Å². The fraction of sp³-hybridized carbons (Fsp3) is 0.417. The summed E-state index contributed by atoms with van der Waals surface area (Å²) in [4.78, 5) is 28.3. The molecule has 2 aromatic rings. The molecule has 176 valence electrons. The van der Waals surface area contributed by atoms with Gasteiger partial charge < -0.3 is 20.4 Å². The van der Waals surface area contributed by atoms with Gasteiger partial charge in [-0.2, -0.15) is 13.2 Å². The second kappa shape index (κ2) is 8.96. The maximum atomic E-state index is 12.8. The van der Waals surface area contributed by atoms with Gasteiger partial charge in [0.15, 0.2) is 0 Å². The van der Waals surface area contributed by atoms with E-state index in [0.717, 1.165) is 29.0 Å². The Labute approximate surface area is 190 Å². The van der Waals surface area contributed by atoms with E-state index in [-0.39, 0.29) is 11.9 Å². The Kier molecular flexibility index (Phi) is 6.23. The highest BCUT2D eigenvalue weighted by Crippen LogP contribution is 2.48. The Balaban J connectivity index is 1.71. The topological polar surface area (TPSA) is 64.7 Å². The van der Waals surface area contributed by atoms with Gasteiger partial charge in [0, 0.05) is 37.4 Å². The lowest BCUT2D eigenvalue weighted by molar-refractivity contribution is -0.174. The highest BCUT2D eigenvalue weighted by Gasteiger charge is 2.42. The maximum absolute atomic E-state index is 12.8. The minimum absolute atomic E-state index is 0.143. The zero-order valence-corrected chi connectivity index (χ0v) is 18.6. The number of carbonyl (C=O) groups is 2. The molecule has 6 nitrogen and oxygen atoms in total. The molecular formula is C24H27F3N4O2. The third kappa shape index (κ3) is 4.49. The Morgan fingerprint density at radius 3 is 2.58 bits per heavy atom. The number of amides is 2. The zero-order chi connectivity index (χ0) is 23.8. The highest BCUT2D eigenvalue weighted by atomic mass is 19.4. The Morgan fingerprint density at radius 2 is 1.85 bits per heavy atom. The first-order chi connectivity index (χ1) is 15.7. The van der Waals surface area contributed by atoms with Crippen molar-refractivity contribution in [1.29, 1.82) is 0 Å². The number of anilines is 3. The summed E-state index contributed by atoms with van der Waals surface area (Å²) in [5.41, 5.74) is 4.20. The molecule has 0 aromatic heterocycles. The van der Waals surface area contributed by atoms with Crippen molar-refractivity contribution in [3.8, 4) is 0 Å². The number of hydrogen-bond donors (Lipinski definition) is 2. The molecule has 0 radical (unpaired) electrons. The largest absolute Gasteiger partial charge is 0.471 e. The van der Waals surface area contributed by atoms with E-state index in [1.807, 2.05) is 55.3 Å². The summed E-state index contributed by atoms with van der Waals surface area (Å²) in [5.74, 6) is -2.04. The molecule has 33 heavy (non-hydrogen) atoms. The first-order valence-electron chi connectivity index (χ1n) is 11.1. The van der Waals surface area contributed by atoms with E-state index in [4.69, 9.17) is 0 Å². The molecule has 0 saturated carbocycles. The molecule has 2 aromatic carbocycles. The molecule has 4 rings (SSSR count). The zero-order valence-electron chi connectivity index (χ0n) is 18.6. The molecule has 2 heterocycles. The smallest absolute Gasteiger partial charge is 0.363 e. The number of piperidine rings is 1. The van der Waals surface area contributed by atoms with Crippen molar-refractivity contribution in [3.63, 3.8) is 0 Å². The highest BCUT2D eigenvalue weighted by molar-refractivity contribution is 5.97. The standard InChI is InChI=1S/C24H27F3N4O2/c1-3-11-28-22(32)15-8-9-19-21(13-15)30(2)18-7-5-4-6-17(18)20-14-16(10-12-31(19)20)29-23(33)24(25,26)27/h4-9,13,16,20H,3,10-12,14H2,1-2H3,(H,28,32)(H,29,33)/t16-,20-/m1/s1. The summed E-state index contributed by atoms with van der Waals surface area (Å²) in [6.45, 7) is 3.06. The molecule has 2 aliphatic rings. The Bertz CT molecular complexity index is 1060. The third-order valence-electron chi connectivity index (χ3n) is 6.30. The lowest BCUT2D eigenvalue weighted by atomic mass is 9.90. The molecule has 9 heteroatoms. The summed E-state index contributed by atoms with van der Waals surface area (Å²) in [5, 5.41) is 5.06. The van der Waals surface area contributed by atoms with Crippen LogP contribution in [-0.2, 0) is 4.79 Å². The minimum Gasteiger partial charge on any atom is -0.363 e. The van der Waals surface area contributed by atoms with Crippen LogP contribution in [0.3, 0.4) is 0 Å². The Hall–Kier alpha value is -3.23. The first-order valence-corrected chi connectivity index (χ1v) is 11.1. The van der Waals surface area contributed by atoms with E-state index in [2.05, 4.69) is 15.5 Å². The van der Waals surface area contributed by atoms with Gasteiger partial charge in [-0.15, -0.1) is 0 Å². The van der Waals surface area contributed by atoms with Gasteiger partial charge in [0.1, 0.15) is 0 Å². The SMILES string of the molecule is CCCNC(=O)c1ccc2c(c1)N(C)c1ccccc1[C@H]1C[C@H](NC(=O)C(F)(F)F)CCN21. The number of benzene rings is 2. The van der Waals surface area contributed by atoms with Crippen molar-refractivity contribution in [2.75, 3.05) is 29.9 Å². The first kappa shape index (κ1) is 22.9. The Morgan fingerprint density at radius 1 is 1.09 bits per heavy atom. The summed E-state index contributed by atoms with van der Waals surface area (Å²) < 4.78 is 38.4. The van der Waals surface area contributed by atoms with Gasteiger partial charge in [0.05, 0.1) is 17.4 Å². The second-order valence-electron chi connectivity index (χ2n) is 8.48. The van der Waals surface area contributed by atoms with Crippen LogP contribution in [0.2, 0.25) is 0 Å². The van der Waals surface area contributed by atoms with Crippen LogP contribution in [0.1, 0.15) is 48.1 Å². The van der Waals surface area contributed by atoms with Crippen LogP contribution < -0.4 is 20.4 Å². The van der Waals surface area contributed by atoms with E-state index in [1.165, 1.54) is 0 Å². The molecule has 1 fully saturated rings. The van der Waals surface area contributed by atoms with Gasteiger partial charge in [-0.3, -0.25) is 9.59 Å². The van der Waals surface area contributed by atoms with Gasteiger partial charge in [-0.25, -0.2) is 0 Å². The molecule has 2 aliphatic heterocycles. The number of hydrogen-bond acceptors (Lipinski definition) is 4. The molecule has 0 spiro atoms. The van der Waals surface area contributed by atoms with Crippen LogP contribution in [0.25, 0.3) is 0 Å². The van der Waals surface area contributed by atoms with Crippen LogP contribution in [0.5, 0.6) is 0 Å². The van der Waals surface area contributed by atoms with Crippen LogP contribution >= 0.6 is 0 Å². The third-order valence-corrected chi connectivity index (χ3v) is 6.30. The molecule has 2 amide bonds. The lowest BCUT2D eigenvalue weighted by Crippen LogP contribution is -2.49. The normalized spacial score (nSPS) is 19.7. The van der Waals surface area contributed by atoms with Crippen molar-refractivity contribution in [2.45, 2.75) is 44.4 Å². The van der Waals surface area contributed by atoms with Gasteiger partial charge in [0.2, 0.25) is 0 Å². The van der Waals surface area contributed by atoms with E-state index in [9.17, 15) is 22.8 Å². The fourth-order valence-electron chi connectivity index (χ4n) is 4.67. The van der Waals surface area contributed by atoms with E-state index in [0.29, 0.717) is 31.5 Å². The van der Waals surface area contributed by atoms with Gasteiger partial charge in [0.25, 0.3) is 5.91 Å². The van der Waals surface area contributed by atoms with Crippen molar-refractivity contribution < 1.29 is 22.8 Å². The van der Waals surface area contributed by atoms with Crippen molar-refractivity contribution in [3.05, 3.63) is 53.6 Å². The summed E-state index contributed by atoms with van der Waals surface area (Å²) >= 11 is 0. The fourth-order valence-corrected chi connectivity index (χ4v) is 4.67. The number of para-hydroxylation sites is 1. The summed E-state index contributed by atoms with van der Waals surface area (Å²) in [6.07, 6.45) is -3.32. The number of nitrogens with zero attached hydrogens (tertiary/aromatic N) is 2. The number of carbonyl (C=O) groups excluding carboxylic acids is 2. The van der Waals surface area contributed by atoms with Gasteiger partial charge in [-0.1, -0.05) is 25.1 Å². The number of halogens is 3. The monoisotopic (exact) mass is 460 g/mol. The van der Waals surface area contributed by atoms with E-state index in [1.54, 1.807) is 6.07 Å². The number of rotatable bonds is 4. The van der Waals surface area contributed by atoms with Crippen LogP contribution in [-0.4, -0.2) is 44.2 Å². The summed E-state index contributed by atoms with van der Waals surface area (Å²) in [6, 6.07) is 12.5. The molecule has 2 atom stereocenters. The minimum atomic E-state index is -4.90. The second-order valence-corrected chi connectivity index (χ2v) is 8.48. The van der Waals surface area contributed by atoms with Crippen LogP contribution in [0, 0.1) is 0 Å². The molecule has 0 bridgehead atoms. The van der Waals surface area contributed by atoms with E-state index >= 15 is 0 Å². The quantitative estimate of drug-likeness (QED) is 0.714. The predicted molar refractivity (Wildman–Crippen MR) is 121 cm³/mol. The number of nitrogens with one attached hydrogen (secondary N) is 2. The van der Waals surface area contributed by atoms with Crippen molar-refractivity contribution >= 4 is 28.9 Å². The van der Waals surface area contributed by atoms with E-state index < -0.39 is 18.1 Å². The van der Waals surface area contributed by atoms with Crippen molar-refractivity contribution in [1.82, 2.24) is 10.6 Å². The van der Waals surface area contributed by atoms with Crippen LogP contribution in [0.4, 0.5) is 30.2 Å². The molecule has 0 unspecified atom stereocenters. The predicted octanol–water partition coefficient (Wildman–Crippen LogP) is 4.30. The molecule has 1 saturated heterocycles. The molecule has 0 aliphatic carbocycles. The number of fused-ring (bicyclic) bond motifs is 5. The maximum Gasteiger partial charge on any atom is 0.471 e. The lowest BCUT2D eigenvalue weighted by Gasteiger charge is -2.41. The molecule has 2 N–H and O–H groups in total. The molecular weight excluding hydrogens is 433 g/mol.